The number of para-hydroxylation sites is 3. The van der Waals surface area contributed by atoms with Crippen molar-refractivity contribution in [3.05, 3.63) is 223 Å². The van der Waals surface area contributed by atoms with Crippen molar-refractivity contribution in [1.82, 2.24) is 24.1 Å². The van der Waals surface area contributed by atoms with E-state index in [1.54, 1.807) is 0 Å². The molecule has 0 saturated carbocycles. The third kappa shape index (κ3) is 8.08. The van der Waals surface area contributed by atoms with Gasteiger partial charge in [0.2, 0.25) is 0 Å². The zero-order valence-electron chi connectivity index (χ0n) is 43.9. The van der Waals surface area contributed by atoms with Crippen LogP contribution in [0.1, 0.15) is 79.0 Å². The molecule has 12 rings (SSSR count). The lowest BCUT2D eigenvalue weighted by Gasteiger charge is -2.21. The van der Waals surface area contributed by atoms with Crippen molar-refractivity contribution in [2.45, 2.75) is 78.6 Å². The van der Waals surface area contributed by atoms with Crippen LogP contribution in [-0.4, -0.2) is 24.1 Å². The summed E-state index contributed by atoms with van der Waals surface area (Å²) in [6.07, 6.45) is 0. The van der Waals surface area contributed by atoms with Crippen LogP contribution in [0.2, 0.25) is 0 Å². The molecule has 0 aliphatic heterocycles. The Kier molecular flexibility index (Phi) is 11.1. The molecule has 0 atom stereocenters. The van der Waals surface area contributed by atoms with Crippen molar-refractivity contribution >= 4 is 43.6 Å². The maximum atomic E-state index is 5.72. The van der Waals surface area contributed by atoms with Crippen molar-refractivity contribution in [3.63, 3.8) is 0 Å². The zero-order chi connectivity index (χ0) is 51.1. The monoisotopic (exact) mass is 959 g/mol. The highest BCUT2D eigenvalue weighted by Crippen LogP contribution is 2.45. The molecule has 74 heavy (non-hydrogen) atoms. The number of benzene rings is 9. The minimum atomic E-state index is -0.0439. The van der Waals surface area contributed by atoms with Crippen LogP contribution in [-0.2, 0) is 16.2 Å². The van der Waals surface area contributed by atoms with E-state index in [1.165, 1.54) is 38.2 Å². The van der Waals surface area contributed by atoms with Gasteiger partial charge in [-0.1, -0.05) is 214 Å². The summed E-state index contributed by atoms with van der Waals surface area (Å²) in [7, 11) is 0. The molecule has 0 aliphatic carbocycles. The van der Waals surface area contributed by atoms with E-state index in [4.69, 9.17) is 15.0 Å². The van der Waals surface area contributed by atoms with Crippen molar-refractivity contribution in [2.24, 2.45) is 0 Å². The summed E-state index contributed by atoms with van der Waals surface area (Å²) in [5.41, 5.74) is 17.3. The van der Waals surface area contributed by atoms with Gasteiger partial charge in [0.05, 0.1) is 33.4 Å². The van der Waals surface area contributed by atoms with Crippen LogP contribution in [0.5, 0.6) is 0 Å². The molecule has 3 heterocycles. The quantitative estimate of drug-likeness (QED) is 0.160. The van der Waals surface area contributed by atoms with Gasteiger partial charge in [-0.15, -0.1) is 0 Å². The average Bonchev–Trinajstić information content (AvgIpc) is 3.93. The molecule has 0 saturated heterocycles. The summed E-state index contributed by atoms with van der Waals surface area (Å²) in [6, 6.07) is 74.8. The van der Waals surface area contributed by atoms with Crippen LogP contribution in [0.15, 0.2) is 206 Å². The van der Waals surface area contributed by atoms with E-state index < -0.39 is 0 Å². The van der Waals surface area contributed by atoms with Crippen LogP contribution < -0.4 is 0 Å². The fourth-order valence-electron chi connectivity index (χ4n) is 10.8. The number of aromatic nitrogens is 5. The van der Waals surface area contributed by atoms with E-state index >= 15 is 0 Å². The highest BCUT2D eigenvalue weighted by Gasteiger charge is 2.28. The highest BCUT2D eigenvalue weighted by molar-refractivity contribution is 6.12. The van der Waals surface area contributed by atoms with Crippen molar-refractivity contribution in [1.29, 1.82) is 0 Å². The summed E-state index contributed by atoms with van der Waals surface area (Å²) in [4.78, 5) is 16.7. The molecule has 5 nitrogen and oxygen atoms in total. The van der Waals surface area contributed by atoms with Crippen LogP contribution in [0.3, 0.4) is 0 Å². The van der Waals surface area contributed by atoms with Gasteiger partial charge < -0.3 is 9.13 Å². The average molecular weight is 960 g/mol. The van der Waals surface area contributed by atoms with Crippen molar-refractivity contribution < 1.29 is 0 Å². The maximum absolute atomic E-state index is 5.72. The number of fused-ring (bicyclic) bond motifs is 6. The van der Waals surface area contributed by atoms with Crippen LogP contribution in [0.4, 0.5) is 0 Å². The Morgan fingerprint density at radius 1 is 0.270 bits per heavy atom. The van der Waals surface area contributed by atoms with E-state index in [9.17, 15) is 0 Å². The molecule has 9 aromatic carbocycles. The molecule has 0 aliphatic rings. The van der Waals surface area contributed by atoms with Gasteiger partial charge in [0.1, 0.15) is 0 Å². The Balaban J connectivity index is 1.20. The van der Waals surface area contributed by atoms with E-state index in [0.717, 1.165) is 72.4 Å². The number of nitrogens with zero attached hydrogens (tertiary/aromatic N) is 5. The van der Waals surface area contributed by atoms with Gasteiger partial charge in [-0.2, -0.15) is 0 Å². The second kappa shape index (κ2) is 17.7. The molecule has 0 bridgehead atoms. The molecule has 0 radical (unpaired) electrons. The smallest absolute Gasteiger partial charge is 0.166 e. The fraction of sp³-hybridized carbons (Fsp3) is 0.174. The summed E-state index contributed by atoms with van der Waals surface area (Å²) < 4.78 is 4.91. The van der Waals surface area contributed by atoms with Gasteiger partial charge in [-0.3, -0.25) is 0 Å². The van der Waals surface area contributed by atoms with Gasteiger partial charge in [-0.05, 0) is 98.7 Å². The predicted octanol–water partition coefficient (Wildman–Crippen LogP) is 18.3. The van der Waals surface area contributed by atoms with E-state index in [0.29, 0.717) is 17.5 Å². The molecule has 0 amide bonds. The van der Waals surface area contributed by atoms with E-state index in [1.807, 2.05) is 6.07 Å². The second-order valence-electron chi connectivity index (χ2n) is 22.9. The first kappa shape index (κ1) is 46.6. The van der Waals surface area contributed by atoms with E-state index in [-0.39, 0.29) is 16.2 Å². The van der Waals surface area contributed by atoms with Gasteiger partial charge in [0, 0.05) is 49.4 Å². The molecule has 3 aromatic heterocycles. The third-order valence-corrected chi connectivity index (χ3v) is 14.9. The lowest BCUT2D eigenvalue weighted by molar-refractivity contribution is 0.590. The summed E-state index contributed by atoms with van der Waals surface area (Å²) in [5.74, 6) is 1.77. The second-order valence-corrected chi connectivity index (χ2v) is 22.9. The van der Waals surface area contributed by atoms with Gasteiger partial charge in [-0.25, -0.2) is 15.0 Å². The minimum Gasteiger partial charge on any atom is -0.308 e. The number of hydrogen-bond donors (Lipinski definition) is 0. The molecule has 362 valence electrons. The summed E-state index contributed by atoms with van der Waals surface area (Å²) >= 11 is 0. The zero-order valence-corrected chi connectivity index (χ0v) is 43.9. The predicted molar refractivity (Wildman–Crippen MR) is 312 cm³/mol. The first-order valence-corrected chi connectivity index (χ1v) is 25.9. The van der Waals surface area contributed by atoms with Crippen LogP contribution >= 0.6 is 0 Å². The summed E-state index contributed by atoms with van der Waals surface area (Å²) in [5, 5.41) is 4.84. The molecular formula is C69H61N5. The highest BCUT2D eigenvalue weighted by atomic mass is 15.1. The van der Waals surface area contributed by atoms with Crippen molar-refractivity contribution in [3.8, 4) is 67.8 Å². The largest absolute Gasteiger partial charge is 0.308 e. The Morgan fingerprint density at radius 3 is 1.00 bits per heavy atom. The molecule has 5 heteroatoms. The SMILES string of the molecule is CC(C)(C)c1ccc2c(c1)c1ccccc1n2-c1c(-c2ccccc2)cccc1-c1nc(-c2ccccc2)nc(-c2cccc(-c3ccccc3)c2-n2c3ccc(C(C)(C)C)cc3c3cc(C(C)(C)C)ccc32)n1. The van der Waals surface area contributed by atoms with E-state index in [2.05, 4.69) is 272 Å². The lowest BCUT2D eigenvalue weighted by atomic mass is 9.85. The van der Waals surface area contributed by atoms with Crippen LogP contribution in [0.25, 0.3) is 111 Å². The number of rotatable bonds is 7. The summed E-state index contributed by atoms with van der Waals surface area (Å²) in [6.45, 7) is 20.6. The van der Waals surface area contributed by atoms with Gasteiger partial charge in [0.15, 0.2) is 17.5 Å². The Hall–Kier alpha value is -8.41. The maximum Gasteiger partial charge on any atom is 0.166 e. The fourth-order valence-corrected chi connectivity index (χ4v) is 10.8. The normalized spacial score (nSPS) is 12.4. The first-order chi connectivity index (χ1) is 35.6. The Morgan fingerprint density at radius 2 is 0.595 bits per heavy atom. The molecular weight excluding hydrogens is 899 g/mol. The Labute approximate surface area is 434 Å². The topological polar surface area (TPSA) is 48.5 Å². The van der Waals surface area contributed by atoms with Gasteiger partial charge >= 0.3 is 0 Å². The number of hydrogen-bond acceptors (Lipinski definition) is 3. The lowest BCUT2D eigenvalue weighted by Crippen LogP contribution is -2.10. The first-order valence-electron chi connectivity index (χ1n) is 25.9. The van der Waals surface area contributed by atoms with Crippen LogP contribution in [0, 0.1) is 0 Å². The molecule has 12 aromatic rings. The molecule has 0 spiro atoms. The third-order valence-electron chi connectivity index (χ3n) is 14.9. The standard InChI is InChI=1S/C69H61N5/c1-67(2,3)47-35-38-59-55(41-47)52-29-19-20-34-58(52)73(59)62-50(44-23-13-10-14-24-44)30-21-32-53(62)65-70-64(46-27-17-12-18-28-46)71-66(72-65)54-33-22-31-51(45-25-15-11-16-26-45)63(54)74-60-39-36-48(68(4,5)6)42-56(60)57-43-49(69(7,8)9)37-40-61(57)74/h10-43H,1-9H3. The molecule has 0 unspecified atom stereocenters. The molecule has 0 N–H and O–H groups in total. The van der Waals surface area contributed by atoms with Crippen molar-refractivity contribution in [2.75, 3.05) is 0 Å². The molecule has 0 fully saturated rings. The Bertz CT molecular complexity index is 4030. The van der Waals surface area contributed by atoms with Gasteiger partial charge in [0.25, 0.3) is 0 Å². The minimum absolute atomic E-state index is 0.0275.